The summed E-state index contributed by atoms with van der Waals surface area (Å²) in [4.78, 5) is 9.67. The van der Waals surface area contributed by atoms with E-state index >= 15 is 0 Å². The quantitative estimate of drug-likeness (QED) is 0.471. The van der Waals surface area contributed by atoms with Crippen LogP contribution in [0.1, 0.15) is 12.5 Å². The fourth-order valence-electron chi connectivity index (χ4n) is 1.86. The van der Waals surface area contributed by atoms with Crippen LogP contribution in [0.4, 0.5) is 5.69 Å². The van der Waals surface area contributed by atoms with E-state index in [1.54, 1.807) is 0 Å². The van der Waals surface area contributed by atoms with Crippen LogP contribution >= 0.6 is 11.6 Å². The van der Waals surface area contributed by atoms with E-state index in [1.807, 2.05) is 6.92 Å². The van der Waals surface area contributed by atoms with E-state index in [1.165, 1.54) is 30.3 Å². The predicted octanol–water partition coefficient (Wildman–Crippen LogP) is 3.58. The Morgan fingerprint density at radius 1 is 1.23 bits per heavy atom. The van der Waals surface area contributed by atoms with Crippen molar-refractivity contribution in [3.05, 3.63) is 63.2 Å². The molecule has 2 aromatic rings. The van der Waals surface area contributed by atoms with Crippen molar-refractivity contribution in [2.24, 2.45) is 0 Å². The molecule has 2 aromatic carbocycles. The highest BCUT2D eigenvalue weighted by Crippen LogP contribution is 2.28. The van der Waals surface area contributed by atoms with Gasteiger partial charge in [-0.05, 0) is 36.2 Å². The number of hydrogen-bond acceptors (Lipinski definition) is 5. The van der Waals surface area contributed by atoms with Gasteiger partial charge >= 0.3 is 10.1 Å². The van der Waals surface area contributed by atoms with Gasteiger partial charge in [0.25, 0.3) is 5.69 Å². The van der Waals surface area contributed by atoms with Crippen LogP contribution in [0.15, 0.2) is 47.4 Å². The molecule has 0 saturated heterocycles. The van der Waals surface area contributed by atoms with E-state index in [9.17, 15) is 18.5 Å². The Morgan fingerprint density at radius 3 is 2.55 bits per heavy atom. The van der Waals surface area contributed by atoms with E-state index in [4.69, 9.17) is 15.8 Å². The molecule has 0 atom stereocenters. The van der Waals surface area contributed by atoms with Gasteiger partial charge in [0.05, 0.1) is 4.92 Å². The van der Waals surface area contributed by atoms with Gasteiger partial charge in [0.15, 0.2) is 4.90 Å². The lowest BCUT2D eigenvalue weighted by atomic mass is 10.2. The molecule has 2 rings (SSSR count). The van der Waals surface area contributed by atoms with Crippen LogP contribution in [0.5, 0.6) is 5.75 Å². The molecule has 0 amide bonds. The first-order valence-electron chi connectivity index (χ1n) is 6.31. The van der Waals surface area contributed by atoms with Crippen molar-refractivity contribution < 1.29 is 17.5 Å². The molecule has 8 heteroatoms. The van der Waals surface area contributed by atoms with E-state index < -0.39 is 25.6 Å². The molecular weight excluding hydrogens is 330 g/mol. The molecular formula is C14H12ClNO5S. The Balaban J connectivity index is 2.43. The summed E-state index contributed by atoms with van der Waals surface area (Å²) in [5.74, 6) is 0.0550. The molecule has 0 aliphatic heterocycles. The van der Waals surface area contributed by atoms with Gasteiger partial charge in [-0.3, -0.25) is 10.1 Å². The highest BCUT2D eigenvalue weighted by Gasteiger charge is 2.27. The van der Waals surface area contributed by atoms with E-state index in [-0.39, 0.29) is 5.75 Å². The monoisotopic (exact) mass is 341 g/mol. The summed E-state index contributed by atoms with van der Waals surface area (Å²) in [6.07, 6.45) is 0.599. The summed E-state index contributed by atoms with van der Waals surface area (Å²) in [5.41, 5.74) is 0.184. The third-order valence-corrected chi connectivity index (χ3v) is 4.60. The van der Waals surface area contributed by atoms with Crippen molar-refractivity contribution in [1.82, 2.24) is 0 Å². The van der Waals surface area contributed by atoms with E-state index in [0.717, 1.165) is 17.7 Å². The molecule has 0 saturated carbocycles. The van der Waals surface area contributed by atoms with Gasteiger partial charge in [-0.2, -0.15) is 8.42 Å². The Labute approximate surface area is 132 Å². The van der Waals surface area contributed by atoms with Crippen molar-refractivity contribution in [1.29, 1.82) is 0 Å². The van der Waals surface area contributed by atoms with Crippen LogP contribution in [0.3, 0.4) is 0 Å². The second kappa shape index (κ2) is 6.33. The third kappa shape index (κ3) is 3.37. The second-order valence-electron chi connectivity index (χ2n) is 4.37. The van der Waals surface area contributed by atoms with Crippen molar-refractivity contribution >= 4 is 27.4 Å². The fraction of sp³-hybridized carbons (Fsp3) is 0.143. The minimum atomic E-state index is -4.31. The molecule has 0 N–H and O–H groups in total. The Hall–Kier alpha value is -2.12. The Bertz CT molecular complexity index is 820. The Kier molecular flexibility index (Phi) is 4.68. The maximum absolute atomic E-state index is 12.3. The highest BCUT2D eigenvalue weighted by atomic mass is 35.5. The number of aryl methyl sites for hydroxylation is 1. The lowest BCUT2D eigenvalue weighted by Crippen LogP contribution is -2.12. The zero-order valence-corrected chi connectivity index (χ0v) is 13.1. The zero-order valence-electron chi connectivity index (χ0n) is 11.5. The van der Waals surface area contributed by atoms with E-state index in [0.29, 0.717) is 11.4 Å². The fourth-order valence-corrected chi connectivity index (χ4v) is 3.21. The number of rotatable bonds is 5. The summed E-state index contributed by atoms with van der Waals surface area (Å²) in [5, 5.41) is 11.4. The molecule has 0 unspecified atom stereocenters. The predicted molar refractivity (Wildman–Crippen MR) is 81.7 cm³/mol. The van der Waals surface area contributed by atoms with Gasteiger partial charge in [0.1, 0.15) is 5.75 Å². The van der Waals surface area contributed by atoms with Crippen molar-refractivity contribution in [2.75, 3.05) is 0 Å². The molecule has 0 aliphatic carbocycles. The molecule has 22 heavy (non-hydrogen) atoms. The summed E-state index contributed by atoms with van der Waals surface area (Å²) in [6, 6.07) is 9.42. The topological polar surface area (TPSA) is 86.5 Å². The standard InChI is InChI=1S/C14H12ClNO5S/c1-2-10-9-11(7-8-12(10)15)21-22(19,20)14-6-4-3-5-13(14)16(17)18/h3-9H,2H2,1H3. The first-order chi connectivity index (χ1) is 10.3. The molecule has 6 nitrogen and oxygen atoms in total. The molecule has 0 aromatic heterocycles. The molecule has 116 valence electrons. The first-order valence-corrected chi connectivity index (χ1v) is 8.10. The van der Waals surface area contributed by atoms with Crippen LogP contribution in [0.2, 0.25) is 5.02 Å². The van der Waals surface area contributed by atoms with Gasteiger partial charge in [0.2, 0.25) is 0 Å². The summed E-state index contributed by atoms with van der Waals surface area (Å²) >= 11 is 5.96. The number of halogens is 1. The van der Waals surface area contributed by atoms with Crippen LogP contribution in [0, 0.1) is 10.1 Å². The summed E-state index contributed by atoms with van der Waals surface area (Å²) in [7, 11) is -4.31. The van der Waals surface area contributed by atoms with Crippen LogP contribution < -0.4 is 4.18 Å². The SMILES string of the molecule is CCc1cc(OS(=O)(=O)c2ccccc2[N+](=O)[O-])ccc1Cl. The van der Waals surface area contributed by atoms with Crippen LogP contribution in [0.25, 0.3) is 0 Å². The summed E-state index contributed by atoms with van der Waals surface area (Å²) < 4.78 is 29.5. The normalized spacial score (nSPS) is 11.2. The number of nitro benzene ring substituents is 1. The number of nitro groups is 1. The van der Waals surface area contributed by atoms with Crippen LogP contribution in [-0.2, 0) is 16.5 Å². The molecule has 0 heterocycles. The number of para-hydroxylation sites is 1. The molecule has 0 bridgehead atoms. The van der Waals surface area contributed by atoms with Gasteiger partial charge in [-0.15, -0.1) is 0 Å². The first kappa shape index (κ1) is 16.3. The minimum absolute atomic E-state index is 0.0550. The maximum atomic E-state index is 12.3. The summed E-state index contributed by atoms with van der Waals surface area (Å²) in [6.45, 7) is 1.86. The van der Waals surface area contributed by atoms with Gasteiger partial charge in [-0.1, -0.05) is 30.7 Å². The lowest BCUT2D eigenvalue weighted by molar-refractivity contribution is -0.387. The number of benzene rings is 2. The Morgan fingerprint density at radius 2 is 1.91 bits per heavy atom. The minimum Gasteiger partial charge on any atom is -0.379 e. The van der Waals surface area contributed by atoms with Gasteiger partial charge in [0, 0.05) is 11.1 Å². The molecule has 0 fully saturated rings. The maximum Gasteiger partial charge on any atom is 0.346 e. The average molecular weight is 342 g/mol. The number of hydrogen-bond donors (Lipinski definition) is 0. The lowest BCUT2D eigenvalue weighted by Gasteiger charge is -2.09. The van der Waals surface area contributed by atoms with E-state index in [2.05, 4.69) is 0 Å². The number of nitrogens with zero attached hydrogens (tertiary/aromatic N) is 1. The zero-order chi connectivity index (χ0) is 16.3. The van der Waals surface area contributed by atoms with Crippen molar-refractivity contribution in [3.63, 3.8) is 0 Å². The third-order valence-electron chi connectivity index (χ3n) is 2.94. The molecule has 0 aliphatic rings. The van der Waals surface area contributed by atoms with Gasteiger partial charge in [-0.25, -0.2) is 0 Å². The molecule has 0 radical (unpaired) electrons. The average Bonchev–Trinajstić information content (AvgIpc) is 2.49. The second-order valence-corrected chi connectivity index (χ2v) is 6.29. The smallest absolute Gasteiger partial charge is 0.346 e. The highest BCUT2D eigenvalue weighted by molar-refractivity contribution is 7.87. The van der Waals surface area contributed by atoms with Crippen molar-refractivity contribution in [2.45, 2.75) is 18.2 Å². The van der Waals surface area contributed by atoms with Crippen LogP contribution in [-0.4, -0.2) is 13.3 Å². The largest absolute Gasteiger partial charge is 0.379 e. The van der Waals surface area contributed by atoms with Crippen molar-refractivity contribution in [3.8, 4) is 5.75 Å². The van der Waals surface area contributed by atoms with Gasteiger partial charge < -0.3 is 4.18 Å². The molecule has 0 spiro atoms.